The van der Waals surface area contributed by atoms with Gasteiger partial charge >= 0.3 is 5.97 Å². The normalized spacial score (nSPS) is 13.6. The second kappa shape index (κ2) is 10.0. The molecule has 7 nitrogen and oxygen atoms in total. The SMILES string of the molecule is COC(=O)c1c(OCC(=O)N(Cc2ccccc2)C(C)(C)C)cc(=O)n2c1CCCCC2. The molecule has 2 aromatic rings. The van der Waals surface area contributed by atoms with Crippen LogP contribution in [0, 0.1) is 0 Å². The largest absolute Gasteiger partial charge is 0.483 e. The first-order chi connectivity index (χ1) is 15.2. The van der Waals surface area contributed by atoms with Crippen molar-refractivity contribution in [3.8, 4) is 5.75 Å². The van der Waals surface area contributed by atoms with Gasteiger partial charge in [0.2, 0.25) is 0 Å². The first-order valence-corrected chi connectivity index (χ1v) is 11.0. The summed E-state index contributed by atoms with van der Waals surface area (Å²) in [6.07, 6.45) is 3.33. The Morgan fingerprint density at radius 3 is 2.47 bits per heavy atom. The predicted molar refractivity (Wildman–Crippen MR) is 122 cm³/mol. The molecule has 0 saturated heterocycles. The highest BCUT2D eigenvalue weighted by Crippen LogP contribution is 2.26. The molecule has 0 saturated carbocycles. The van der Waals surface area contributed by atoms with E-state index in [2.05, 4.69) is 0 Å². The van der Waals surface area contributed by atoms with E-state index in [1.807, 2.05) is 51.1 Å². The number of fused-ring (bicyclic) bond motifs is 1. The number of rotatable bonds is 6. The van der Waals surface area contributed by atoms with E-state index in [0.717, 1.165) is 24.8 Å². The minimum Gasteiger partial charge on any atom is -0.483 e. The first-order valence-electron chi connectivity index (χ1n) is 11.0. The maximum Gasteiger partial charge on any atom is 0.343 e. The van der Waals surface area contributed by atoms with Gasteiger partial charge in [0.05, 0.1) is 7.11 Å². The fraction of sp³-hybridized carbons (Fsp3) is 0.480. The molecular weight excluding hydrogens is 408 g/mol. The van der Waals surface area contributed by atoms with E-state index in [0.29, 0.717) is 25.2 Å². The Hall–Kier alpha value is -3.09. The number of aromatic nitrogens is 1. The standard InChI is InChI=1S/C25H32N2O5/c1-25(2,3)27(16-18-11-7-5-8-12-18)22(29)17-32-20-15-21(28)26-14-10-6-9-13-19(26)23(20)24(30)31-4/h5,7-8,11-12,15H,6,9-10,13-14,16-17H2,1-4H3. The van der Waals surface area contributed by atoms with Crippen molar-refractivity contribution >= 4 is 11.9 Å². The molecule has 32 heavy (non-hydrogen) atoms. The number of esters is 1. The summed E-state index contributed by atoms with van der Waals surface area (Å²) >= 11 is 0. The summed E-state index contributed by atoms with van der Waals surface area (Å²) < 4.78 is 12.4. The monoisotopic (exact) mass is 440 g/mol. The van der Waals surface area contributed by atoms with Gasteiger partial charge in [-0.15, -0.1) is 0 Å². The lowest BCUT2D eigenvalue weighted by Crippen LogP contribution is -2.47. The third kappa shape index (κ3) is 5.39. The quantitative estimate of drug-likeness (QED) is 0.642. The molecule has 1 aliphatic rings. The fourth-order valence-electron chi connectivity index (χ4n) is 4.03. The number of carbonyl (C=O) groups excluding carboxylic acids is 2. The van der Waals surface area contributed by atoms with Crippen LogP contribution >= 0.6 is 0 Å². The number of amides is 1. The molecule has 0 spiro atoms. The minimum absolute atomic E-state index is 0.108. The van der Waals surface area contributed by atoms with Gasteiger partial charge in [-0.25, -0.2) is 4.79 Å². The van der Waals surface area contributed by atoms with Gasteiger partial charge in [0.1, 0.15) is 11.3 Å². The van der Waals surface area contributed by atoms with Crippen LogP contribution in [-0.2, 0) is 29.0 Å². The summed E-state index contributed by atoms with van der Waals surface area (Å²) in [5, 5.41) is 0. The number of nitrogens with zero attached hydrogens (tertiary/aromatic N) is 2. The Kier molecular flexibility index (Phi) is 7.38. The number of benzene rings is 1. The number of pyridine rings is 1. The van der Waals surface area contributed by atoms with Crippen molar-refractivity contribution < 1.29 is 19.1 Å². The van der Waals surface area contributed by atoms with E-state index < -0.39 is 11.5 Å². The van der Waals surface area contributed by atoms with Gasteiger partial charge in [-0.05, 0) is 45.6 Å². The second-order valence-corrected chi connectivity index (χ2v) is 9.05. The highest BCUT2D eigenvalue weighted by molar-refractivity contribution is 5.94. The lowest BCUT2D eigenvalue weighted by Gasteiger charge is -2.36. The highest BCUT2D eigenvalue weighted by atomic mass is 16.5. The number of hydrogen-bond donors (Lipinski definition) is 0. The summed E-state index contributed by atoms with van der Waals surface area (Å²) in [7, 11) is 1.30. The molecule has 0 radical (unpaired) electrons. The lowest BCUT2D eigenvalue weighted by atomic mass is 10.0. The average molecular weight is 441 g/mol. The number of methoxy groups -OCH3 is 1. The van der Waals surface area contributed by atoms with Gasteiger partial charge in [0.15, 0.2) is 6.61 Å². The first kappa shape index (κ1) is 23.6. The highest BCUT2D eigenvalue weighted by Gasteiger charge is 2.29. The fourth-order valence-corrected chi connectivity index (χ4v) is 4.03. The van der Waals surface area contributed by atoms with Gasteiger partial charge < -0.3 is 18.9 Å². The van der Waals surface area contributed by atoms with Crippen LogP contribution < -0.4 is 10.3 Å². The van der Waals surface area contributed by atoms with Crippen LogP contribution in [0.15, 0.2) is 41.2 Å². The molecule has 0 bridgehead atoms. The molecule has 7 heteroatoms. The van der Waals surface area contributed by atoms with Crippen LogP contribution in [0.25, 0.3) is 0 Å². The number of ether oxygens (including phenoxy) is 2. The van der Waals surface area contributed by atoms with Crippen molar-refractivity contribution in [2.24, 2.45) is 0 Å². The van der Waals surface area contributed by atoms with Gasteiger partial charge in [-0.3, -0.25) is 9.59 Å². The Labute approximate surface area is 188 Å². The predicted octanol–water partition coefficient (Wildman–Crippen LogP) is 3.57. The molecule has 1 aliphatic heterocycles. The van der Waals surface area contributed by atoms with Crippen molar-refractivity contribution in [2.45, 2.75) is 65.1 Å². The van der Waals surface area contributed by atoms with Crippen molar-refractivity contribution in [1.82, 2.24) is 9.47 Å². The van der Waals surface area contributed by atoms with Gasteiger partial charge in [-0.1, -0.05) is 36.8 Å². The molecule has 0 aliphatic carbocycles. The van der Waals surface area contributed by atoms with E-state index in [9.17, 15) is 14.4 Å². The summed E-state index contributed by atoms with van der Waals surface area (Å²) in [6, 6.07) is 11.0. The molecule has 3 rings (SSSR count). The zero-order chi connectivity index (χ0) is 23.3. The lowest BCUT2D eigenvalue weighted by molar-refractivity contribution is -0.139. The molecule has 0 fully saturated rings. The molecule has 1 amide bonds. The number of carbonyl (C=O) groups is 2. The maximum absolute atomic E-state index is 13.1. The third-order valence-corrected chi connectivity index (χ3v) is 5.71. The molecule has 1 aromatic carbocycles. The van der Waals surface area contributed by atoms with Crippen molar-refractivity contribution in [3.05, 3.63) is 63.6 Å². The van der Waals surface area contributed by atoms with Crippen LogP contribution in [0.1, 0.15) is 61.6 Å². The zero-order valence-corrected chi connectivity index (χ0v) is 19.3. The number of hydrogen-bond acceptors (Lipinski definition) is 5. The Morgan fingerprint density at radius 2 is 1.81 bits per heavy atom. The van der Waals surface area contributed by atoms with E-state index >= 15 is 0 Å². The van der Waals surface area contributed by atoms with Crippen molar-refractivity contribution in [3.63, 3.8) is 0 Å². The topological polar surface area (TPSA) is 77.8 Å². The molecule has 172 valence electrons. The summed E-state index contributed by atoms with van der Waals surface area (Å²) in [5.74, 6) is -0.681. The van der Waals surface area contributed by atoms with E-state index in [1.165, 1.54) is 13.2 Å². The van der Waals surface area contributed by atoms with Crippen molar-refractivity contribution in [1.29, 1.82) is 0 Å². The van der Waals surface area contributed by atoms with Crippen molar-refractivity contribution in [2.75, 3.05) is 13.7 Å². The Balaban J connectivity index is 1.88. The van der Waals surface area contributed by atoms with Gasteiger partial charge in [0.25, 0.3) is 11.5 Å². The van der Waals surface area contributed by atoms with Crippen LogP contribution in [-0.4, -0.2) is 40.6 Å². The molecule has 0 unspecified atom stereocenters. The molecule has 2 heterocycles. The van der Waals surface area contributed by atoms with E-state index in [1.54, 1.807) is 9.47 Å². The van der Waals surface area contributed by atoms with Gasteiger partial charge in [-0.2, -0.15) is 0 Å². The maximum atomic E-state index is 13.1. The minimum atomic E-state index is -0.560. The Morgan fingerprint density at radius 1 is 1.09 bits per heavy atom. The average Bonchev–Trinajstić information content (AvgIpc) is 3.02. The van der Waals surface area contributed by atoms with Crippen LogP contribution in [0.2, 0.25) is 0 Å². The molecule has 0 N–H and O–H groups in total. The van der Waals surface area contributed by atoms with Gasteiger partial charge in [0, 0.05) is 30.4 Å². The molecule has 1 aromatic heterocycles. The summed E-state index contributed by atoms with van der Waals surface area (Å²) in [4.78, 5) is 40.2. The van der Waals surface area contributed by atoms with Crippen LogP contribution in [0.4, 0.5) is 0 Å². The smallest absolute Gasteiger partial charge is 0.343 e. The van der Waals surface area contributed by atoms with E-state index in [4.69, 9.17) is 9.47 Å². The summed E-state index contributed by atoms with van der Waals surface area (Å²) in [6.45, 7) is 6.60. The van der Waals surface area contributed by atoms with Crippen LogP contribution in [0.5, 0.6) is 5.75 Å². The molecular formula is C25H32N2O5. The third-order valence-electron chi connectivity index (χ3n) is 5.71. The summed E-state index contributed by atoms with van der Waals surface area (Å²) in [5.41, 5.74) is 1.21. The van der Waals surface area contributed by atoms with E-state index in [-0.39, 0.29) is 29.4 Å². The van der Waals surface area contributed by atoms with Crippen LogP contribution in [0.3, 0.4) is 0 Å². The second-order valence-electron chi connectivity index (χ2n) is 9.05. The zero-order valence-electron chi connectivity index (χ0n) is 19.3. The molecule has 0 atom stereocenters. The Bertz CT molecular complexity index is 1020.